The number of rotatable bonds is 5. The second kappa shape index (κ2) is 9.94. The maximum atomic E-state index is 13.8. The van der Waals surface area contributed by atoms with E-state index in [4.69, 9.17) is 14.2 Å². The number of likely N-dealkylation sites (N-methyl/N-ethyl adjacent to an activating group) is 1. The molecule has 5 aliphatic rings. The lowest BCUT2D eigenvalue weighted by atomic mass is 9.67. The Morgan fingerprint density at radius 3 is 1.95 bits per heavy atom. The Kier molecular flexibility index (Phi) is 6.88. The molecule has 5 rings (SSSR count). The Hall–Kier alpha value is -3.88. The molecule has 1 saturated heterocycles. The van der Waals surface area contributed by atoms with Crippen molar-refractivity contribution in [3.05, 3.63) is 45.0 Å². The molecule has 0 saturated carbocycles. The number of carbonyl (C=O) groups is 5. The number of Topliss-reactive ketones (excluding diaryl/α,β-unsaturated/α-hetero) is 4. The summed E-state index contributed by atoms with van der Waals surface area (Å²) < 4.78 is 16.2. The van der Waals surface area contributed by atoms with Crippen LogP contribution in [0.4, 0.5) is 0 Å². The number of ether oxygens (including phenoxy) is 3. The number of allylic oxidation sites excluding steroid dienone is 4. The highest BCUT2D eigenvalue weighted by Gasteiger charge is 2.60. The van der Waals surface area contributed by atoms with Gasteiger partial charge in [-0.05, 0) is 33.7 Å². The first kappa shape index (κ1) is 27.7. The Labute approximate surface area is 231 Å². The smallest absolute Gasteiger partial charge is 0.305 e. The minimum absolute atomic E-state index is 0.0267. The minimum atomic E-state index is -0.932. The van der Waals surface area contributed by atoms with Crippen molar-refractivity contribution in [1.29, 1.82) is 5.26 Å². The highest BCUT2D eigenvalue weighted by molar-refractivity contribution is 6.26. The van der Waals surface area contributed by atoms with Crippen LogP contribution >= 0.6 is 0 Å². The second-order valence-electron chi connectivity index (χ2n) is 10.6. The number of piperazine rings is 1. The van der Waals surface area contributed by atoms with Crippen LogP contribution in [0.25, 0.3) is 0 Å². The zero-order valence-corrected chi connectivity index (χ0v) is 23.3. The maximum absolute atomic E-state index is 13.8. The zero-order valence-electron chi connectivity index (χ0n) is 23.3. The van der Waals surface area contributed by atoms with E-state index in [9.17, 15) is 29.2 Å². The third-order valence-electron chi connectivity index (χ3n) is 8.90. The Morgan fingerprint density at radius 2 is 1.43 bits per heavy atom. The summed E-state index contributed by atoms with van der Waals surface area (Å²) in [5.41, 5.74) is 1.41. The Bertz CT molecular complexity index is 1440. The van der Waals surface area contributed by atoms with Gasteiger partial charge in [0.1, 0.15) is 12.6 Å². The molecular formula is C29H31N3O8. The van der Waals surface area contributed by atoms with Crippen molar-refractivity contribution in [3.63, 3.8) is 0 Å². The van der Waals surface area contributed by atoms with Crippen molar-refractivity contribution in [2.45, 2.75) is 70.2 Å². The van der Waals surface area contributed by atoms with Gasteiger partial charge in [0.2, 0.25) is 11.6 Å². The van der Waals surface area contributed by atoms with E-state index in [-0.39, 0.29) is 76.8 Å². The second-order valence-corrected chi connectivity index (χ2v) is 10.6. The van der Waals surface area contributed by atoms with Crippen molar-refractivity contribution >= 4 is 29.1 Å². The first-order chi connectivity index (χ1) is 19.0. The summed E-state index contributed by atoms with van der Waals surface area (Å²) in [5, 5.41) is 10.5. The summed E-state index contributed by atoms with van der Waals surface area (Å²) >= 11 is 0. The molecule has 210 valence electrons. The molecule has 5 atom stereocenters. The van der Waals surface area contributed by atoms with Crippen LogP contribution in [0.5, 0.6) is 0 Å². The third-order valence-corrected chi connectivity index (χ3v) is 8.90. The molecule has 0 amide bonds. The van der Waals surface area contributed by atoms with Crippen LogP contribution in [0.15, 0.2) is 45.0 Å². The van der Waals surface area contributed by atoms with Gasteiger partial charge >= 0.3 is 5.97 Å². The van der Waals surface area contributed by atoms with Crippen LogP contribution in [-0.2, 0) is 38.2 Å². The van der Waals surface area contributed by atoms with Gasteiger partial charge in [-0.1, -0.05) is 6.92 Å². The number of ketones is 4. The molecule has 0 aromatic carbocycles. The fourth-order valence-electron chi connectivity index (χ4n) is 7.05. The van der Waals surface area contributed by atoms with Crippen molar-refractivity contribution in [1.82, 2.24) is 9.80 Å². The molecular weight excluding hydrogens is 518 g/mol. The molecule has 11 heteroatoms. The SMILES string of the molecule is CCC(=O)OC[C@H]1C2=C(CC3[C@H]4C5=C(C[C@@H]([C@H](C#N)N31)N4C)C(=O)C(C)=C(OC)C5=O)C(=O)C(C)=C(OC)C2=O. The summed E-state index contributed by atoms with van der Waals surface area (Å²) in [4.78, 5) is 70.5. The molecule has 40 heavy (non-hydrogen) atoms. The van der Waals surface area contributed by atoms with Gasteiger partial charge in [0.15, 0.2) is 23.1 Å². The van der Waals surface area contributed by atoms with Gasteiger partial charge in [0.05, 0.1) is 32.4 Å². The number of fused-ring (bicyclic) bond motifs is 5. The molecule has 0 spiro atoms. The standard InChI is InChI=1S/C29H31N3O8/c1-7-20(33)40-11-19-21-14(24(34)12(2)28(38-5)26(21)36)9-17-23-22-15(25(35)13(3)29(39-6)27(22)37)8-16(31(23)4)18(10-30)32(17)19/h16-19,23H,7-9,11H2,1-6H3/t16-,17?,18-,19-,23-/m0/s1. The van der Waals surface area contributed by atoms with E-state index >= 15 is 0 Å². The minimum Gasteiger partial charge on any atom is -0.492 e. The summed E-state index contributed by atoms with van der Waals surface area (Å²) in [5.74, 6) is -2.17. The van der Waals surface area contributed by atoms with E-state index in [1.165, 1.54) is 21.1 Å². The van der Waals surface area contributed by atoms with Crippen LogP contribution in [0, 0.1) is 11.3 Å². The molecule has 1 unspecified atom stereocenters. The number of methoxy groups -OCH3 is 2. The van der Waals surface area contributed by atoms with Crippen LogP contribution < -0.4 is 0 Å². The number of hydrogen-bond donors (Lipinski definition) is 0. The molecule has 2 aliphatic carbocycles. The van der Waals surface area contributed by atoms with E-state index in [0.29, 0.717) is 5.57 Å². The first-order valence-electron chi connectivity index (χ1n) is 13.2. The zero-order chi connectivity index (χ0) is 29.2. The average molecular weight is 550 g/mol. The molecule has 11 nitrogen and oxygen atoms in total. The van der Waals surface area contributed by atoms with Gasteiger partial charge in [0, 0.05) is 51.9 Å². The summed E-state index contributed by atoms with van der Waals surface area (Å²) in [7, 11) is 4.46. The van der Waals surface area contributed by atoms with Crippen LogP contribution in [0.3, 0.4) is 0 Å². The van der Waals surface area contributed by atoms with Gasteiger partial charge in [0.25, 0.3) is 0 Å². The summed E-state index contributed by atoms with van der Waals surface area (Å²) in [6, 6.07) is -1.24. The molecule has 1 fully saturated rings. The van der Waals surface area contributed by atoms with Gasteiger partial charge < -0.3 is 14.2 Å². The predicted molar refractivity (Wildman–Crippen MR) is 138 cm³/mol. The van der Waals surface area contributed by atoms with Gasteiger partial charge in [-0.25, -0.2) is 0 Å². The quantitative estimate of drug-likeness (QED) is 0.359. The van der Waals surface area contributed by atoms with E-state index in [1.807, 2.05) is 9.80 Å². The lowest BCUT2D eigenvalue weighted by Gasteiger charge is -2.60. The monoisotopic (exact) mass is 549 g/mol. The number of esters is 1. The summed E-state index contributed by atoms with van der Waals surface area (Å²) in [6.07, 6.45) is 0.298. The third kappa shape index (κ3) is 3.66. The predicted octanol–water partition coefficient (Wildman–Crippen LogP) is 1.10. The van der Waals surface area contributed by atoms with Gasteiger partial charge in [-0.3, -0.25) is 33.8 Å². The van der Waals surface area contributed by atoms with Gasteiger partial charge in [-0.15, -0.1) is 0 Å². The Morgan fingerprint density at radius 1 is 0.900 bits per heavy atom. The number of nitriles is 1. The molecule has 0 radical (unpaired) electrons. The Balaban J connectivity index is 1.72. The largest absolute Gasteiger partial charge is 0.492 e. The van der Waals surface area contributed by atoms with Gasteiger partial charge in [-0.2, -0.15) is 5.26 Å². The number of hydrogen-bond acceptors (Lipinski definition) is 11. The maximum Gasteiger partial charge on any atom is 0.305 e. The fourth-order valence-corrected chi connectivity index (χ4v) is 7.05. The molecule has 2 bridgehead atoms. The normalized spacial score (nSPS) is 30.7. The van der Waals surface area contributed by atoms with E-state index in [1.54, 1.807) is 20.9 Å². The highest BCUT2D eigenvalue weighted by Crippen LogP contribution is 2.49. The lowest BCUT2D eigenvalue weighted by Crippen LogP contribution is -2.74. The lowest BCUT2D eigenvalue weighted by molar-refractivity contribution is -0.147. The first-order valence-corrected chi connectivity index (χ1v) is 13.2. The molecule has 3 heterocycles. The van der Waals surface area contributed by atoms with Crippen LogP contribution in [-0.4, -0.2) is 97.0 Å². The summed E-state index contributed by atoms with van der Waals surface area (Å²) in [6.45, 7) is 4.45. The average Bonchev–Trinajstić information content (AvgIpc) is 2.93. The van der Waals surface area contributed by atoms with E-state index in [2.05, 4.69) is 6.07 Å². The number of carbonyl (C=O) groups excluding carboxylic acids is 5. The van der Waals surface area contributed by atoms with Crippen molar-refractivity contribution in [2.24, 2.45) is 0 Å². The fraction of sp³-hybridized carbons (Fsp3) is 0.517. The van der Waals surface area contributed by atoms with Crippen molar-refractivity contribution in [3.8, 4) is 6.07 Å². The van der Waals surface area contributed by atoms with Crippen molar-refractivity contribution < 1.29 is 38.2 Å². The van der Waals surface area contributed by atoms with Crippen LogP contribution in [0.1, 0.15) is 40.0 Å². The molecule has 0 N–H and O–H groups in total. The highest BCUT2D eigenvalue weighted by atomic mass is 16.5. The van der Waals surface area contributed by atoms with E-state index < -0.39 is 47.7 Å². The number of nitrogens with zero attached hydrogens (tertiary/aromatic N) is 3. The topological polar surface area (TPSA) is 143 Å². The van der Waals surface area contributed by atoms with Crippen LogP contribution in [0.2, 0.25) is 0 Å². The molecule has 3 aliphatic heterocycles. The molecule has 0 aromatic rings. The van der Waals surface area contributed by atoms with Crippen molar-refractivity contribution in [2.75, 3.05) is 27.9 Å². The molecule has 0 aromatic heterocycles. The van der Waals surface area contributed by atoms with E-state index in [0.717, 1.165) is 0 Å².